The van der Waals surface area contributed by atoms with Crippen LogP contribution in [0.2, 0.25) is 0 Å². The molecular weight excluding hydrogens is 957 g/mol. The highest BCUT2D eigenvalue weighted by molar-refractivity contribution is 5.89. The number of non-ortho nitro benzene ring substituents is 1. The number of nitrogens with one attached hydrogen (secondary N) is 1. The molecule has 1 saturated carbocycles. The molecule has 2 aliphatic heterocycles. The van der Waals surface area contributed by atoms with Crippen molar-refractivity contribution in [2.45, 2.75) is 178 Å². The molecule has 1 aliphatic carbocycles. The minimum absolute atomic E-state index is 0.0262. The molecule has 400 valence electrons. The van der Waals surface area contributed by atoms with Crippen molar-refractivity contribution >= 4 is 34.4 Å². The summed E-state index contributed by atoms with van der Waals surface area (Å²) in [6.07, 6.45) is -10.7. The molecule has 0 bridgehead atoms. The van der Waals surface area contributed by atoms with Crippen LogP contribution in [0.1, 0.15) is 94.6 Å². The number of carbonyl (C=O) groups is 3. The number of fused-ring (bicyclic) bond motifs is 1. The van der Waals surface area contributed by atoms with Gasteiger partial charge in [-0.15, -0.1) is 5.10 Å². The van der Waals surface area contributed by atoms with E-state index in [4.69, 9.17) is 28.4 Å². The van der Waals surface area contributed by atoms with Gasteiger partial charge in [0, 0.05) is 48.2 Å². The maximum Gasteiger partial charge on any atom is 0.338 e. The fourth-order valence-corrected chi connectivity index (χ4v) is 9.78. The zero-order valence-electron chi connectivity index (χ0n) is 41.1. The number of benzene rings is 2. The number of nitro groups is 1. The SMILES string of the molecule is CCCCCC[C@H](OC1C(OC(=O)c2ccccc2)[C@H](O[C@@H]2CC(C(=O)NCc3cn(CCCCn4ccc5cc([N+](=O)[O-])ccc54)nn3)CC(C)C2O[C@@H]2OC(C)[C@@H](O)C(O)C2O)OC(CO)[C@@H]1O)C(=O)O. The summed E-state index contributed by atoms with van der Waals surface area (Å²) >= 11 is 0. The summed E-state index contributed by atoms with van der Waals surface area (Å²) in [5, 5.41) is 87.9. The van der Waals surface area contributed by atoms with E-state index in [2.05, 4.69) is 15.6 Å². The molecule has 2 saturated heterocycles. The summed E-state index contributed by atoms with van der Waals surface area (Å²) in [6.45, 7) is 5.75. The number of aliphatic hydroxyl groups is 5. The quantitative estimate of drug-likeness (QED) is 0.0230. The number of ether oxygens (including phenoxy) is 6. The summed E-state index contributed by atoms with van der Waals surface area (Å²) in [7, 11) is 0. The third kappa shape index (κ3) is 13.8. The average Bonchev–Trinajstić information content (AvgIpc) is 4.02. The Bertz CT molecular complexity index is 2440. The zero-order chi connectivity index (χ0) is 52.3. The maximum absolute atomic E-state index is 14.1. The summed E-state index contributed by atoms with van der Waals surface area (Å²) in [5.74, 6) is -3.89. The number of carbonyl (C=O) groups excluding carboxylic acids is 2. The monoisotopic (exact) mass is 1020 g/mol. The van der Waals surface area contributed by atoms with Crippen molar-refractivity contribution < 1.29 is 78.4 Å². The van der Waals surface area contributed by atoms with E-state index in [9.17, 15) is 55.1 Å². The smallest absolute Gasteiger partial charge is 0.338 e. The lowest BCUT2D eigenvalue weighted by molar-refractivity contribution is -0.384. The van der Waals surface area contributed by atoms with Crippen LogP contribution in [0.3, 0.4) is 0 Å². The Kier molecular flexibility index (Phi) is 19.4. The molecule has 2 aromatic carbocycles. The molecule has 23 nitrogen and oxygen atoms in total. The Labute approximate surface area is 421 Å². The first-order valence-corrected chi connectivity index (χ1v) is 25.1. The minimum Gasteiger partial charge on any atom is -0.479 e. The van der Waals surface area contributed by atoms with Gasteiger partial charge in [0.2, 0.25) is 5.91 Å². The van der Waals surface area contributed by atoms with Crippen LogP contribution in [0.25, 0.3) is 10.9 Å². The number of aromatic nitrogens is 4. The highest BCUT2D eigenvalue weighted by atomic mass is 16.7. The molecule has 9 unspecified atom stereocenters. The van der Waals surface area contributed by atoms with Gasteiger partial charge in [-0.1, -0.05) is 62.9 Å². The molecule has 15 atom stereocenters. The van der Waals surface area contributed by atoms with Crippen LogP contribution in [0, 0.1) is 22.0 Å². The molecule has 7 rings (SSSR count). The predicted molar refractivity (Wildman–Crippen MR) is 256 cm³/mol. The number of aliphatic carboxylic acids is 1. The first-order valence-electron chi connectivity index (χ1n) is 25.1. The molecule has 7 N–H and O–H groups in total. The van der Waals surface area contributed by atoms with Crippen LogP contribution >= 0.6 is 0 Å². The molecular formula is C50H68N6O17. The van der Waals surface area contributed by atoms with E-state index < -0.39 is 115 Å². The number of unbranched alkanes of at least 4 members (excludes halogenated alkanes) is 4. The normalized spacial score (nSPS) is 29.9. The van der Waals surface area contributed by atoms with Crippen LogP contribution < -0.4 is 5.32 Å². The number of nitrogens with zero attached hydrogens (tertiary/aromatic N) is 5. The van der Waals surface area contributed by atoms with E-state index in [1.54, 1.807) is 48.1 Å². The molecule has 23 heteroatoms. The first-order chi connectivity index (χ1) is 35.1. The Morgan fingerprint density at radius 2 is 1.64 bits per heavy atom. The van der Waals surface area contributed by atoms with Crippen LogP contribution in [-0.2, 0) is 57.6 Å². The van der Waals surface area contributed by atoms with Crippen molar-refractivity contribution in [1.29, 1.82) is 0 Å². The van der Waals surface area contributed by atoms with Crippen molar-refractivity contribution in [2.75, 3.05) is 6.61 Å². The second kappa shape index (κ2) is 25.7. The average molecular weight is 1030 g/mol. The third-order valence-electron chi connectivity index (χ3n) is 13.9. The number of amides is 1. The molecule has 3 aliphatic rings. The van der Waals surface area contributed by atoms with Gasteiger partial charge in [-0.2, -0.15) is 0 Å². The topological polar surface area (TPSA) is 319 Å². The zero-order valence-corrected chi connectivity index (χ0v) is 41.1. The predicted octanol–water partition coefficient (Wildman–Crippen LogP) is 2.99. The van der Waals surface area contributed by atoms with Gasteiger partial charge in [0.05, 0.1) is 48.1 Å². The van der Waals surface area contributed by atoms with Crippen molar-refractivity contribution in [3.8, 4) is 0 Å². The lowest BCUT2D eigenvalue weighted by atomic mass is 9.77. The lowest BCUT2D eigenvalue weighted by Crippen LogP contribution is -2.64. The van der Waals surface area contributed by atoms with Crippen LogP contribution in [0.15, 0.2) is 67.0 Å². The van der Waals surface area contributed by atoms with Gasteiger partial charge in [-0.25, -0.2) is 9.59 Å². The second-order valence-electron chi connectivity index (χ2n) is 19.2. The summed E-state index contributed by atoms with van der Waals surface area (Å²) < 4.78 is 40.9. The number of aliphatic hydroxyl groups excluding tert-OH is 5. The largest absolute Gasteiger partial charge is 0.479 e. The Morgan fingerprint density at radius 3 is 2.37 bits per heavy atom. The number of nitro benzene ring substituents is 1. The van der Waals surface area contributed by atoms with Gasteiger partial charge < -0.3 is 68.9 Å². The maximum atomic E-state index is 14.1. The number of carboxylic acids is 1. The van der Waals surface area contributed by atoms with Gasteiger partial charge in [-0.05, 0) is 69.2 Å². The van der Waals surface area contributed by atoms with E-state index in [0.29, 0.717) is 25.2 Å². The van der Waals surface area contributed by atoms with Crippen LogP contribution in [0.5, 0.6) is 0 Å². The fourth-order valence-electron chi connectivity index (χ4n) is 9.78. The second-order valence-corrected chi connectivity index (χ2v) is 19.2. The fraction of sp³-hybridized carbons (Fsp3) is 0.620. The number of aryl methyl sites for hydroxylation is 2. The third-order valence-corrected chi connectivity index (χ3v) is 13.9. The van der Waals surface area contributed by atoms with E-state index in [1.165, 1.54) is 25.1 Å². The van der Waals surface area contributed by atoms with Gasteiger partial charge in [0.15, 0.2) is 24.8 Å². The molecule has 2 aromatic heterocycles. The summed E-state index contributed by atoms with van der Waals surface area (Å²) in [4.78, 5) is 51.3. The lowest BCUT2D eigenvalue weighted by Gasteiger charge is -2.48. The minimum atomic E-state index is -1.72. The standard InChI is InChI=1S/C50H68N6O17/c1-4-5-6-10-15-36(47(63)64)69-44-40(59)38(27-57)71-50(45(44)72-48(65)30-13-8-7-9-14-30)70-37-24-32(22-28(2)43(37)73-49-42(61)41(60)39(58)29(3)68-49)46(62)51-25-33-26-55(53-52-33)20-12-11-19-54-21-18-31-23-34(56(66)67)16-17-35(31)54/h7-9,13-14,16-18,21,23,26,28-29,32,36-45,49-50,57-61H,4-6,10-12,15,19-20,22,24-25,27H2,1-3H3,(H,51,62)(H,63,64)/t28?,29?,32?,36-,37+,38?,39+,40-,41?,42?,43?,44?,45?,49-,50+/m0/s1. The Hall–Kier alpha value is -5.47. The number of hydrogen-bond donors (Lipinski definition) is 7. The van der Waals surface area contributed by atoms with Crippen LogP contribution in [0.4, 0.5) is 5.69 Å². The van der Waals surface area contributed by atoms with Gasteiger partial charge >= 0.3 is 11.9 Å². The first kappa shape index (κ1) is 55.3. The van der Waals surface area contributed by atoms with E-state index in [1.807, 2.05) is 23.8 Å². The van der Waals surface area contributed by atoms with Gasteiger partial charge in [0.25, 0.3) is 5.69 Å². The number of rotatable bonds is 24. The number of hydrogen-bond acceptors (Lipinski definition) is 18. The summed E-state index contributed by atoms with van der Waals surface area (Å²) in [6, 6.07) is 14.5. The van der Waals surface area contributed by atoms with E-state index >= 15 is 0 Å². The Balaban J connectivity index is 1.07. The van der Waals surface area contributed by atoms with Gasteiger partial charge in [-0.3, -0.25) is 19.6 Å². The molecule has 0 radical (unpaired) electrons. The molecule has 4 aromatic rings. The van der Waals surface area contributed by atoms with Crippen molar-refractivity contribution in [2.24, 2.45) is 11.8 Å². The van der Waals surface area contributed by atoms with Crippen molar-refractivity contribution in [3.05, 3.63) is 88.4 Å². The van der Waals surface area contributed by atoms with E-state index in [0.717, 1.165) is 43.0 Å². The number of esters is 1. The molecule has 0 spiro atoms. The highest BCUT2D eigenvalue weighted by Crippen LogP contribution is 2.39. The van der Waals surface area contributed by atoms with Crippen LogP contribution in [-0.4, -0.2) is 159 Å². The summed E-state index contributed by atoms with van der Waals surface area (Å²) in [5.41, 5.74) is 1.53. The Morgan fingerprint density at radius 1 is 0.877 bits per heavy atom. The molecule has 3 fully saturated rings. The van der Waals surface area contributed by atoms with E-state index in [-0.39, 0.29) is 43.0 Å². The highest BCUT2D eigenvalue weighted by Gasteiger charge is 2.53. The van der Waals surface area contributed by atoms with Gasteiger partial charge in [0.1, 0.15) is 42.3 Å². The molecule has 73 heavy (non-hydrogen) atoms. The van der Waals surface area contributed by atoms with Crippen molar-refractivity contribution in [3.63, 3.8) is 0 Å². The van der Waals surface area contributed by atoms with Crippen molar-refractivity contribution in [1.82, 2.24) is 24.9 Å². The number of carboxylic acid groups (broad SMARTS) is 1. The molecule has 4 heterocycles. The molecule has 1 amide bonds.